The van der Waals surface area contributed by atoms with Crippen LogP contribution in [0, 0.1) is 6.92 Å². The minimum atomic E-state index is -3.98. The first kappa shape index (κ1) is 24.9. The number of hydrogen-bond acceptors (Lipinski definition) is 5. The van der Waals surface area contributed by atoms with Crippen LogP contribution >= 0.6 is 11.6 Å². The van der Waals surface area contributed by atoms with Crippen molar-refractivity contribution in [2.24, 2.45) is 0 Å². The summed E-state index contributed by atoms with van der Waals surface area (Å²) in [4.78, 5) is 17.3. The van der Waals surface area contributed by atoms with Crippen LogP contribution in [0.25, 0.3) is 0 Å². The minimum Gasteiger partial charge on any atom is -0.495 e. The Morgan fingerprint density at radius 3 is 2.31 bits per heavy atom. The summed E-state index contributed by atoms with van der Waals surface area (Å²) in [6, 6.07) is 20.9. The predicted molar refractivity (Wildman–Crippen MR) is 139 cm³/mol. The molecule has 0 spiro atoms. The Balaban J connectivity index is 1.54. The number of para-hydroxylation sites is 2. The second-order valence-corrected chi connectivity index (χ2v) is 10.6. The summed E-state index contributed by atoms with van der Waals surface area (Å²) in [5.41, 5.74) is 2.33. The van der Waals surface area contributed by atoms with E-state index in [9.17, 15) is 13.2 Å². The maximum Gasteiger partial charge on any atom is 0.264 e. The fourth-order valence-corrected chi connectivity index (χ4v) is 5.67. The van der Waals surface area contributed by atoms with Crippen LogP contribution in [-0.4, -0.2) is 59.1 Å². The van der Waals surface area contributed by atoms with Crippen LogP contribution in [0.4, 0.5) is 11.4 Å². The van der Waals surface area contributed by atoms with Crippen molar-refractivity contribution < 1.29 is 17.9 Å². The number of sulfonamides is 1. The molecule has 3 aromatic rings. The standard InChI is InChI=1S/C26H28ClN3O4S/c1-20-6-5-7-22(18-20)30(35(32,33)23-12-10-21(27)11-13-23)19-26(31)29-16-14-28(15-17-29)24-8-3-4-9-25(24)34-2/h3-13,18H,14-17,19H2,1-2H3. The van der Waals surface area contributed by atoms with Crippen LogP contribution in [0.1, 0.15) is 5.56 Å². The fraction of sp³-hybridized carbons (Fsp3) is 0.269. The van der Waals surface area contributed by atoms with Gasteiger partial charge in [-0.2, -0.15) is 0 Å². The number of halogens is 1. The maximum atomic E-state index is 13.6. The second kappa shape index (κ2) is 10.6. The Morgan fingerprint density at radius 1 is 0.971 bits per heavy atom. The molecule has 9 heteroatoms. The number of benzene rings is 3. The van der Waals surface area contributed by atoms with E-state index < -0.39 is 10.0 Å². The zero-order chi connectivity index (χ0) is 25.0. The van der Waals surface area contributed by atoms with Crippen molar-refractivity contribution in [3.63, 3.8) is 0 Å². The van der Waals surface area contributed by atoms with Gasteiger partial charge in [-0.3, -0.25) is 9.10 Å². The first-order valence-electron chi connectivity index (χ1n) is 11.3. The molecule has 7 nitrogen and oxygen atoms in total. The fourth-order valence-electron chi connectivity index (χ4n) is 4.14. The van der Waals surface area contributed by atoms with Crippen LogP contribution in [-0.2, 0) is 14.8 Å². The number of carbonyl (C=O) groups is 1. The number of methoxy groups -OCH3 is 1. The van der Waals surface area contributed by atoms with Gasteiger partial charge in [-0.15, -0.1) is 0 Å². The van der Waals surface area contributed by atoms with E-state index in [4.69, 9.17) is 16.3 Å². The van der Waals surface area contributed by atoms with E-state index in [-0.39, 0.29) is 17.3 Å². The van der Waals surface area contributed by atoms with E-state index in [0.29, 0.717) is 36.9 Å². The molecule has 1 heterocycles. The van der Waals surface area contributed by atoms with Crippen molar-refractivity contribution in [2.45, 2.75) is 11.8 Å². The Hall–Kier alpha value is -3.23. The summed E-state index contributed by atoms with van der Waals surface area (Å²) in [6.07, 6.45) is 0. The van der Waals surface area contributed by atoms with E-state index in [2.05, 4.69) is 4.90 Å². The van der Waals surface area contributed by atoms with Gasteiger partial charge >= 0.3 is 0 Å². The molecule has 1 aliphatic heterocycles. The molecular weight excluding hydrogens is 486 g/mol. The lowest BCUT2D eigenvalue weighted by Gasteiger charge is -2.37. The molecule has 4 rings (SSSR count). The van der Waals surface area contributed by atoms with Gasteiger partial charge in [0.1, 0.15) is 12.3 Å². The molecule has 0 aromatic heterocycles. The number of rotatable bonds is 7. The topological polar surface area (TPSA) is 70.2 Å². The van der Waals surface area contributed by atoms with E-state index in [1.165, 1.54) is 28.6 Å². The lowest BCUT2D eigenvalue weighted by molar-refractivity contribution is -0.129. The van der Waals surface area contributed by atoms with Crippen molar-refractivity contribution >= 4 is 38.9 Å². The molecule has 0 aliphatic carbocycles. The van der Waals surface area contributed by atoms with Crippen molar-refractivity contribution in [3.8, 4) is 5.75 Å². The van der Waals surface area contributed by atoms with Gasteiger partial charge in [-0.1, -0.05) is 35.9 Å². The molecular formula is C26H28ClN3O4S. The molecule has 0 saturated carbocycles. The predicted octanol–water partition coefficient (Wildman–Crippen LogP) is 4.20. The first-order chi connectivity index (χ1) is 16.8. The van der Waals surface area contributed by atoms with Crippen LogP contribution in [0.15, 0.2) is 77.7 Å². The number of piperazine rings is 1. The van der Waals surface area contributed by atoms with Crippen molar-refractivity contribution in [1.29, 1.82) is 0 Å². The number of anilines is 2. The van der Waals surface area contributed by atoms with Crippen LogP contribution in [0.3, 0.4) is 0 Å². The highest BCUT2D eigenvalue weighted by molar-refractivity contribution is 7.92. The summed E-state index contributed by atoms with van der Waals surface area (Å²) < 4.78 is 33.8. The summed E-state index contributed by atoms with van der Waals surface area (Å²) >= 11 is 5.96. The molecule has 1 fully saturated rings. The van der Waals surface area contributed by atoms with Gasteiger partial charge in [0.05, 0.1) is 23.4 Å². The molecule has 0 N–H and O–H groups in total. The molecule has 184 valence electrons. The molecule has 0 atom stereocenters. The van der Waals surface area contributed by atoms with E-state index >= 15 is 0 Å². The van der Waals surface area contributed by atoms with E-state index in [0.717, 1.165) is 17.0 Å². The normalized spacial score (nSPS) is 14.0. The van der Waals surface area contributed by atoms with Gasteiger partial charge in [0.25, 0.3) is 10.0 Å². The van der Waals surface area contributed by atoms with Crippen LogP contribution in [0.5, 0.6) is 5.75 Å². The van der Waals surface area contributed by atoms with Crippen LogP contribution < -0.4 is 13.9 Å². The summed E-state index contributed by atoms with van der Waals surface area (Å²) in [6.45, 7) is 3.82. The summed E-state index contributed by atoms with van der Waals surface area (Å²) in [7, 11) is -2.35. The molecule has 1 saturated heterocycles. The highest BCUT2D eigenvalue weighted by Gasteiger charge is 2.30. The van der Waals surface area contributed by atoms with Crippen molar-refractivity contribution in [1.82, 2.24) is 4.90 Å². The Morgan fingerprint density at radius 2 is 1.66 bits per heavy atom. The average Bonchev–Trinajstić information content (AvgIpc) is 2.87. The number of amides is 1. The number of carbonyl (C=O) groups excluding carboxylic acids is 1. The van der Waals surface area contributed by atoms with Gasteiger partial charge < -0.3 is 14.5 Å². The van der Waals surface area contributed by atoms with E-state index in [1.807, 2.05) is 37.3 Å². The number of nitrogens with zero attached hydrogens (tertiary/aromatic N) is 3. The SMILES string of the molecule is COc1ccccc1N1CCN(C(=O)CN(c2cccc(C)c2)S(=O)(=O)c2ccc(Cl)cc2)CC1. The smallest absolute Gasteiger partial charge is 0.264 e. The van der Waals surface area contributed by atoms with Crippen molar-refractivity contribution in [2.75, 3.05) is 49.0 Å². The van der Waals surface area contributed by atoms with Gasteiger partial charge in [0.2, 0.25) is 5.91 Å². The summed E-state index contributed by atoms with van der Waals surface area (Å²) in [5.74, 6) is 0.538. The quantitative estimate of drug-likeness (QED) is 0.473. The maximum absolute atomic E-state index is 13.6. The third-order valence-corrected chi connectivity index (χ3v) is 8.07. The first-order valence-corrected chi connectivity index (χ1v) is 13.1. The summed E-state index contributed by atoms with van der Waals surface area (Å²) in [5, 5.41) is 0.440. The molecule has 3 aromatic carbocycles. The number of aryl methyl sites for hydroxylation is 1. The highest BCUT2D eigenvalue weighted by atomic mass is 35.5. The highest BCUT2D eigenvalue weighted by Crippen LogP contribution is 2.29. The second-order valence-electron chi connectivity index (χ2n) is 8.34. The lowest BCUT2D eigenvalue weighted by Crippen LogP contribution is -2.52. The zero-order valence-electron chi connectivity index (χ0n) is 19.7. The Labute approximate surface area is 211 Å². The third kappa shape index (κ3) is 5.55. The molecule has 1 amide bonds. The molecule has 0 unspecified atom stereocenters. The van der Waals surface area contributed by atoms with Crippen molar-refractivity contribution in [3.05, 3.63) is 83.4 Å². The van der Waals surface area contributed by atoms with E-state index in [1.54, 1.807) is 30.2 Å². The van der Waals surface area contributed by atoms with Gasteiger partial charge in [0, 0.05) is 31.2 Å². The average molecular weight is 514 g/mol. The Bertz CT molecular complexity index is 1290. The zero-order valence-corrected chi connectivity index (χ0v) is 21.3. The van der Waals surface area contributed by atoms with Gasteiger partial charge in [-0.25, -0.2) is 8.42 Å². The third-order valence-electron chi connectivity index (χ3n) is 6.03. The van der Waals surface area contributed by atoms with Gasteiger partial charge in [-0.05, 0) is 61.0 Å². The lowest BCUT2D eigenvalue weighted by atomic mass is 10.2. The molecule has 0 bridgehead atoms. The number of hydrogen-bond donors (Lipinski definition) is 0. The monoisotopic (exact) mass is 513 g/mol. The Kier molecular flexibility index (Phi) is 7.52. The molecule has 1 aliphatic rings. The van der Waals surface area contributed by atoms with Gasteiger partial charge in [0.15, 0.2) is 0 Å². The molecule has 35 heavy (non-hydrogen) atoms. The number of ether oxygens (including phenoxy) is 1. The van der Waals surface area contributed by atoms with Crippen LogP contribution in [0.2, 0.25) is 5.02 Å². The molecule has 0 radical (unpaired) electrons. The minimum absolute atomic E-state index is 0.0807. The largest absolute Gasteiger partial charge is 0.495 e.